The molecule has 0 saturated carbocycles. The molecule has 1 rings (SSSR count). The minimum absolute atomic E-state index is 0.496. The van der Waals surface area contributed by atoms with Gasteiger partial charge in [0.25, 0.3) is 0 Å². The minimum atomic E-state index is 0.496. The molecule has 0 amide bonds. The second kappa shape index (κ2) is 5.82. The normalized spacial score (nSPS) is 13.1. The van der Waals surface area contributed by atoms with Crippen LogP contribution in [0.5, 0.6) is 0 Å². The Hall–Kier alpha value is -0.820. The maximum absolute atomic E-state index is 3.59. The molecule has 78 valence electrons. The first-order chi connectivity index (χ1) is 6.75. The zero-order valence-corrected chi connectivity index (χ0v) is 9.46. The second-order valence-electron chi connectivity index (χ2n) is 4.09. The Balaban J connectivity index is 2.68. The van der Waals surface area contributed by atoms with E-state index in [4.69, 9.17) is 0 Å². The lowest BCUT2D eigenvalue weighted by Crippen LogP contribution is -2.26. The molecular formula is C13H21N. The first kappa shape index (κ1) is 11.3. The highest BCUT2D eigenvalue weighted by molar-refractivity contribution is 5.19. The van der Waals surface area contributed by atoms with Crippen LogP contribution in [0.25, 0.3) is 0 Å². The van der Waals surface area contributed by atoms with Crippen molar-refractivity contribution in [1.29, 1.82) is 0 Å². The number of benzene rings is 1. The molecule has 0 radical (unpaired) electrons. The van der Waals surface area contributed by atoms with Crippen molar-refractivity contribution in [3.05, 3.63) is 35.9 Å². The molecule has 0 aliphatic heterocycles. The van der Waals surface area contributed by atoms with E-state index >= 15 is 0 Å². The van der Waals surface area contributed by atoms with Crippen molar-refractivity contribution in [2.24, 2.45) is 5.92 Å². The van der Waals surface area contributed by atoms with Crippen LogP contribution < -0.4 is 5.32 Å². The molecule has 0 heterocycles. The van der Waals surface area contributed by atoms with Gasteiger partial charge in [0.15, 0.2) is 0 Å². The number of hydrogen-bond acceptors (Lipinski definition) is 1. The highest BCUT2D eigenvalue weighted by atomic mass is 14.9. The Morgan fingerprint density at radius 3 is 2.29 bits per heavy atom. The van der Waals surface area contributed by atoms with Gasteiger partial charge in [0, 0.05) is 6.04 Å². The van der Waals surface area contributed by atoms with E-state index in [9.17, 15) is 0 Å². The molecule has 0 aromatic heterocycles. The number of nitrogens with one attached hydrogen (secondary N) is 1. The molecule has 14 heavy (non-hydrogen) atoms. The Morgan fingerprint density at radius 2 is 1.79 bits per heavy atom. The summed E-state index contributed by atoms with van der Waals surface area (Å²) in [6, 6.07) is 11.2. The van der Waals surface area contributed by atoms with Crippen LogP contribution in [0.4, 0.5) is 0 Å². The molecule has 1 aromatic rings. The van der Waals surface area contributed by atoms with Gasteiger partial charge in [0.1, 0.15) is 0 Å². The summed E-state index contributed by atoms with van der Waals surface area (Å²) in [4.78, 5) is 0. The number of hydrogen-bond donors (Lipinski definition) is 1. The zero-order chi connectivity index (χ0) is 10.4. The van der Waals surface area contributed by atoms with Gasteiger partial charge in [0.2, 0.25) is 0 Å². The van der Waals surface area contributed by atoms with E-state index in [2.05, 4.69) is 56.4 Å². The van der Waals surface area contributed by atoms with Gasteiger partial charge in [-0.3, -0.25) is 0 Å². The SMILES string of the molecule is CCCN[C@H](c1ccccc1)C(C)C. The van der Waals surface area contributed by atoms with E-state index in [0.29, 0.717) is 12.0 Å². The van der Waals surface area contributed by atoms with Crippen LogP contribution in [0.1, 0.15) is 38.8 Å². The molecule has 1 heteroatoms. The average Bonchev–Trinajstić information content (AvgIpc) is 2.19. The van der Waals surface area contributed by atoms with Gasteiger partial charge in [-0.1, -0.05) is 51.1 Å². The summed E-state index contributed by atoms with van der Waals surface area (Å²) in [7, 11) is 0. The molecule has 1 nitrogen and oxygen atoms in total. The second-order valence-corrected chi connectivity index (χ2v) is 4.09. The zero-order valence-electron chi connectivity index (χ0n) is 9.46. The lowest BCUT2D eigenvalue weighted by molar-refractivity contribution is 0.413. The van der Waals surface area contributed by atoms with E-state index < -0.39 is 0 Å². The van der Waals surface area contributed by atoms with Crippen molar-refractivity contribution in [2.75, 3.05) is 6.54 Å². The van der Waals surface area contributed by atoms with Crippen LogP contribution >= 0.6 is 0 Å². The maximum Gasteiger partial charge on any atom is 0.0343 e. The van der Waals surface area contributed by atoms with Crippen molar-refractivity contribution in [3.63, 3.8) is 0 Å². The summed E-state index contributed by atoms with van der Waals surface area (Å²) < 4.78 is 0. The molecule has 0 aliphatic carbocycles. The van der Waals surface area contributed by atoms with Crippen molar-refractivity contribution in [2.45, 2.75) is 33.2 Å². The summed E-state index contributed by atoms with van der Waals surface area (Å²) in [6.45, 7) is 7.83. The molecule has 0 fully saturated rings. The van der Waals surface area contributed by atoms with Crippen LogP contribution in [-0.4, -0.2) is 6.54 Å². The van der Waals surface area contributed by atoms with Crippen LogP contribution in [0.3, 0.4) is 0 Å². The van der Waals surface area contributed by atoms with Crippen molar-refractivity contribution >= 4 is 0 Å². The Morgan fingerprint density at radius 1 is 1.14 bits per heavy atom. The molecule has 0 spiro atoms. The number of rotatable bonds is 5. The van der Waals surface area contributed by atoms with E-state index in [1.807, 2.05) is 0 Å². The van der Waals surface area contributed by atoms with E-state index in [-0.39, 0.29) is 0 Å². The fourth-order valence-corrected chi connectivity index (χ4v) is 1.70. The predicted octanol–water partition coefficient (Wildman–Crippen LogP) is 3.38. The van der Waals surface area contributed by atoms with Gasteiger partial charge in [-0.25, -0.2) is 0 Å². The molecule has 1 aromatic carbocycles. The third-order valence-corrected chi connectivity index (χ3v) is 2.44. The van der Waals surface area contributed by atoms with E-state index in [1.165, 1.54) is 12.0 Å². The summed E-state index contributed by atoms with van der Waals surface area (Å²) in [5.41, 5.74) is 1.40. The highest BCUT2D eigenvalue weighted by Gasteiger charge is 2.13. The Kier molecular flexibility index (Phi) is 4.68. The van der Waals surface area contributed by atoms with E-state index in [0.717, 1.165) is 6.54 Å². The van der Waals surface area contributed by atoms with Crippen LogP contribution in [0.15, 0.2) is 30.3 Å². The summed E-state index contributed by atoms with van der Waals surface area (Å²) in [5, 5.41) is 3.59. The van der Waals surface area contributed by atoms with E-state index in [1.54, 1.807) is 0 Å². The predicted molar refractivity (Wildman–Crippen MR) is 62.3 cm³/mol. The van der Waals surface area contributed by atoms with Crippen molar-refractivity contribution < 1.29 is 0 Å². The molecule has 1 atom stereocenters. The fourth-order valence-electron chi connectivity index (χ4n) is 1.70. The third kappa shape index (κ3) is 3.15. The summed E-state index contributed by atoms with van der Waals surface area (Å²) in [6.07, 6.45) is 1.19. The standard InChI is InChI=1S/C13H21N/c1-4-10-14-13(11(2)3)12-8-6-5-7-9-12/h5-9,11,13-14H,4,10H2,1-3H3/t13-/m0/s1. The largest absolute Gasteiger partial charge is 0.310 e. The molecule has 1 N–H and O–H groups in total. The Labute approximate surface area is 87.5 Å². The molecular weight excluding hydrogens is 170 g/mol. The minimum Gasteiger partial charge on any atom is -0.310 e. The van der Waals surface area contributed by atoms with Crippen LogP contribution in [0, 0.1) is 5.92 Å². The smallest absolute Gasteiger partial charge is 0.0343 e. The molecule has 0 unspecified atom stereocenters. The van der Waals surface area contributed by atoms with Crippen molar-refractivity contribution in [3.8, 4) is 0 Å². The van der Waals surface area contributed by atoms with Crippen molar-refractivity contribution in [1.82, 2.24) is 5.32 Å². The average molecular weight is 191 g/mol. The van der Waals surface area contributed by atoms with Gasteiger partial charge in [0.05, 0.1) is 0 Å². The monoisotopic (exact) mass is 191 g/mol. The molecule has 0 saturated heterocycles. The Bertz CT molecular complexity index is 241. The van der Waals surface area contributed by atoms with Crippen LogP contribution in [-0.2, 0) is 0 Å². The van der Waals surface area contributed by atoms with Crippen LogP contribution in [0.2, 0.25) is 0 Å². The maximum atomic E-state index is 3.59. The van der Waals surface area contributed by atoms with Gasteiger partial charge >= 0.3 is 0 Å². The quantitative estimate of drug-likeness (QED) is 0.752. The fraction of sp³-hybridized carbons (Fsp3) is 0.538. The lowest BCUT2D eigenvalue weighted by atomic mass is 9.96. The highest BCUT2D eigenvalue weighted by Crippen LogP contribution is 2.20. The first-order valence-corrected chi connectivity index (χ1v) is 5.54. The van der Waals surface area contributed by atoms with Gasteiger partial charge in [-0.05, 0) is 24.4 Å². The topological polar surface area (TPSA) is 12.0 Å². The summed E-state index contributed by atoms with van der Waals surface area (Å²) >= 11 is 0. The van der Waals surface area contributed by atoms with Gasteiger partial charge in [-0.2, -0.15) is 0 Å². The van der Waals surface area contributed by atoms with Gasteiger partial charge in [-0.15, -0.1) is 0 Å². The molecule has 0 aliphatic rings. The first-order valence-electron chi connectivity index (χ1n) is 5.54. The summed E-state index contributed by atoms with van der Waals surface area (Å²) in [5.74, 6) is 0.643. The molecule has 0 bridgehead atoms. The third-order valence-electron chi connectivity index (χ3n) is 2.44. The lowest BCUT2D eigenvalue weighted by Gasteiger charge is -2.22. The van der Waals surface area contributed by atoms with Gasteiger partial charge < -0.3 is 5.32 Å².